The lowest BCUT2D eigenvalue weighted by atomic mass is 10.0. The van der Waals surface area contributed by atoms with Gasteiger partial charge in [0.2, 0.25) is 10.1 Å². The minimum Gasteiger partial charge on any atom is -0.348 e. The van der Waals surface area contributed by atoms with Crippen LogP contribution in [0.1, 0.15) is 35.7 Å². The van der Waals surface area contributed by atoms with E-state index >= 15 is 0 Å². The van der Waals surface area contributed by atoms with Crippen LogP contribution in [0.15, 0.2) is 35.5 Å². The molecule has 8 nitrogen and oxygen atoms in total. The molecule has 1 amide bonds. The molecule has 1 atom stereocenters. The van der Waals surface area contributed by atoms with Crippen LogP contribution in [0.5, 0.6) is 0 Å². The Labute approximate surface area is 159 Å². The fraction of sp³-hybridized carbons (Fsp3) is 0.389. The number of nitrogens with one attached hydrogen (secondary N) is 1. The van der Waals surface area contributed by atoms with Crippen LogP contribution in [0.4, 0.5) is 5.13 Å². The summed E-state index contributed by atoms with van der Waals surface area (Å²) in [6.07, 6.45) is 6.98. The first-order valence-corrected chi connectivity index (χ1v) is 9.74. The molecular formula is C18H20N6O2S. The second-order valence-electron chi connectivity index (χ2n) is 6.79. The van der Waals surface area contributed by atoms with E-state index in [2.05, 4.69) is 32.2 Å². The Morgan fingerprint density at radius 2 is 2.30 bits per heavy atom. The Kier molecular flexibility index (Phi) is 4.85. The maximum absolute atomic E-state index is 12.7. The van der Waals surface area contributed by atoms with Gasteiger partial charge in [-0.15, -0.1) is 5.10 Å². The van der Waals surface area contributed by atoms with Gasteiger partial charge in [0.1, 0.15) is 5.56 Å². The Hall–Kier alpha value is -2.81. The molecule has 1 aliphatic rings. The summed E-state index contributed by atoms with van der Waals surface area (Å²) >= 11 is 1.38. The molecule has 1 N–H and O–H groups in total. The van der Waals surface area contributed by atoms with Gasteiger partial charge in [-0.05, 0) is 30.4 Å². The Bertz CT molecular complexity index is 1020. The van der Waals surface area contributed by atoms with E-state index in [0.29, 0.717) is 17.4 Å². The molecule has 0 spiro atoms. The van der Waals surface area contributed by atoms with Crippen molar-refractivity contribution in [3.63, 3.8) is 0 Å². The van der Waals surface area contributed by atoms with E-state index in [-0.39, 0.29) is 5.56 Å². The second-order valence-corrected chi connectivity index (χ2v) is 7.73. The molecule has 9 heteroatoms. The number of amides is 1. The Morgan fingerprint density at radius 1 is 1.41 bits per heavy atom. The lowest BCUT2D eigenvalue weighted by Crippen LogP contribution is -2.34. The number of nitrogens with zero attached hydrogens (tertiary/aromatic N) is 5. The molecule has 3 aromatic heterocycles. The molecule has 27 heavy (non-hydrogen) atoms. The van der Waals surface area contributed by atoms with Gasteiger partial charge in [-0.3, -0.25) is 14.6 Å². The van der Waals surface area contributed by atoms with Gasteiger partial charge >= 0.3 is 0 Å². The summed E-state index contributed by atoms with van der Waals surface area (Å²) in [5, 5.41) is 7.93. The Morgan fingerprint density at radius 3 is 3.07 bits per heavy atom. The van der Waals surface area contributed by atoms with Crippen molar-refractivity contribution < 1.29 is 4.79 Å². The normalized spacial score (nSPS) is 17.2. The van der Waals surface area contributed by atoms with Crippen molar-refractivity contribution in [1.82, 2.24) is 24.9 Å². The first-order chi connectivity index (χ1) is 13.1. The van der Waals surface area contributed by atoms with Crippen LogP contribution < -0.4 is 15.8 Å². The van der Waals surface area contributed by atoms with Gasteiger partial charge in [-0.1, -0.05) is 24.3 Å². The third-order valence-electron chi connectivity index (χ3n) is 4.62. The number of piperidine rings is 1. The highest BCUT2D eigenvalue weighted by Crippen LogP contribution is 2.26. The molecule has 3 aromatic rings. The van der Waals surface area contributed by atoms with Crippen LogP contribution in [-0.4, -0.2) is 38.6 Å². The zero-order valence-electron chi connectivity index (χ0n) is 15.0. The molecule has 0 aromatic carbocycles. The van der Waals surface area contributed by atoms with E-state index in [4.69, 9.17) is 0 Å². The minimum absolute atomic E-state index is 0.0137. The van der Waals surface area contributed by atoms with Gasteiger partial charge in [0.25, 0.3) is 11.5 Å². The van der Waals surface area contributed by atoms with E-state index in [9.17, 15) is 9.59 Å². The smallest absolute Gasteiger partial charge is 0.288 e. The number of carbonyl (C=O) groups is 1. The van der Waals surface area contributed by atoms with Crippen LogP contribution in [0, 0.1) is 5.92 Å². The van der Waals surface area contributed by atoms with Gasteiger partial charge in [-0.25, -0.2) is 4.98 Å². The molecule has 1 unspecified atom stereocenters. The van der Waals surface area contributed by atoms with Crippen molar-refractivity contribution in [2.24, 2.45) is 5.92 Å². The minimum atomic E-state index is -0.466. The molecule has 4 rings (SSSR count). The molecule has 0 saturated carbocycles. The van der Waals surface area contributed by atoms with Crippen molar-refractivity contribution >= 4 is 27.3 Å². The van der Waals surface area contributed by atoms with Crippen LogP contribution >= 0.6 is 11.3 Å². The zero-order valence-corrected chi connectivity index (χ0v) is 15.8. The maximum Gasteiger partial charge on any atom is 0.288 e. The third-order valence-corrected chi connectivity index (χ3v) is 5.61. The quantitative estimate of drug-likeness (QED) is 0.736. The molecule has 1 saturated heterocycles. The first kappa shape index (κ1) is 17.6. The third kappa shape index (κ3) is 3.68. The largest absolute Gasteiger partial charge is 0.348 e. The van der Waals surface area contributed by atoms with E-state index < -0.39 is 11.5 Å². The lowest BCUT2D eigenvalue weighted by molar-refractivity contribution is 0.0948. The number of fused-ring (bicyclic) bond motifs is 1. The molecule has 1 aliphatic heterocycles. The van der Waals surface area contributed by atoms with Gasteiger partial charge in [0.15, 0.2) is 0 Å². The monoisotopic (exact) mass is 384 g/mol. The van der Waals surface area contributed by atoms with Crippen LogP contribution in [0.2, 0.25) is 0 Å². The molecular weight excluding hydrogens is 364 g/mol. The molecule has 140 valence electrons. The van der Waals surface area contributed by atoms with Crippen molar-refractivity contribution in [2.45, 2.75) is 26.3 Å². The number of carbonyl (C=O) groups excluding carboxylic acids is 1. The topological polar surface area (TPSA) is 92.5 Å². The highest BCUT2D eigenvalue weighted by atomic mass is 32.1. The van der Waals surface area contributed by atoms with E-state index in [1.807, 2.05) is 6.07 Å². The fourth-order valence-corrected chi connectivity index (χ4v) is 4.10. The SMILES string of the molecule is CC1CCCN(c2nn3c(=O)c(C(=O)NCc4cccnc4)cnc3s2)C1. The van der Waals surface area contributed by atoms with Gasteiger partial charge in [0.05, 0.1) is 0 Å². The predicted molar refractivity (Wildman–Crippen MR) is 103 cm³/mol. The number of pyridine rings is 1. The average molecular weight is 384 g/mol. The highest BCUT2D eigenvalue weighted by molar-refractivity contribution is 7.20. The number of rotatable bonds is 4. The number of anilines is 1. The van der Waals surface area contributed by atoms with Gasteiger partial charge < -0.3 is 10.2 Å². The zero-order chi connectivity index (χ0) is 18.8. The summed E-state index contributed by atoms with van der Waals surface area (Å²) in [6, 6.07) is 3.65. The van der Waals surface area contributed by atoms with Crippen molar-refractivity contribution in [3.8, 4) is 0 Å². The summed E-state index contributed by atoms with van der Waals surface area (Å²) < 4.78 is 1.23. The van der Waals surface area contributed by atoms with E-state index in [1.54, 1.807) is 18.5 Å². The number of aromatic nitrogens is 4. The van der Waals surface area contributed by atoms with E-state index in [1.165, 1.54) is 28.5 Å². The Balaban J connectivity index is 1.56. The van der Waals surface area contributed by atoms with Crippen LogP contribution in [0.3, 0.4) is 0 Å². The number of hydrogen-bond donors (Lipinski definition) is 1. The predicted octanol–water partition coefficient (Wildman–Crippen LogP) is 1.71. The fourth-order valence-electron chi connectivity index (χ4n) is 3.20. The average Bonchev–Trinajstić information content (AvgIpc) is 3.13. The van der Waals surface area contributed by atoms with Crippen molar-refractivity contribution in [3.05, 3.63) is 52.2 Å². The van der Waals surface area contributed by atoms with E-state index in [0.717, 1.165) is 30.2 Å². The summed E-state index contributed by atoms with van der Waals surface area (Å²) in [5.41, 5.74) is 0.395. The molecule has 4 heterocycles. The van der Waals surface area contributed by atoms with Crippen LogP contribution in [0.25, 0.3) is 4.96 Å². The lowest BCUT2D eigenvalue weighted by Gasteiger charge is -2.30. The summed E-state index contributed by atoms with van der Waals surface area (Å²) in [6.45, 7) is 4.36. The standard InChI is InChI=1S/C18H20N6O2S/c1-12-4-3-7-23(11-12)18-22-24-16(26)14(10-21-17(24)27-18)15(25)20-9-13-5-2-6-19-8-13/h2,5-6,8,10,12H,3-4,7,9,11H2,1H3,(H,20,25). The molecule has 0 aliphatic carbocycles. The van der Waals surface area contributed by atoms with Crippen molar-refractivity contribution in [1.29, 1.82) is 0 Å². The highest BCUT2D eigenvalue weighted by Gasteiger charge is 2.22. The van der Waals surface area contributed by atoms with Crippen LogP contribution in [-0.2, 0) is 6.54 Å². The molecule has 0 bridgehead atoms. The number of hydrogen-bond acceptors (Lipinski definition) is 7. The second kappa shape index (κ2) is 7.43. The van der Waals surface area contributed by atoms with Crippen molar-refractivity contribution in [2.75, 3.05) is 18.0 Å². The molecule has 1 fully saturated rings. The maximum atomic E-state index is 12.7. The molecule has 0 radical (unpaired) electrons. The summed E-state index contributed by atoms with van der Waals surface area (Å²) in [7, 11) is 0. The first-order valence-electron chi connectivity index (χ1n) is 8.93. The summed E-state index contributed by atoms with van der Waals surface area (Å²) in [5.74, 6) is 0.135. The van der Waals surface area contributed by atoms with Gasteiger partial charge in [0, 0.05) is 38.2 Å². The van der Waals surface area contributed by atoms with Gasteiger partial charge in [-0.2, -0.15) is 4.52 Å². The summed E-state index contributed by atoms with van der Waals surface area (Å²) in [4.78, 5) is 36.1.